The van der Waals surface area contributed by atoms with E-state index in [1.54, 1.807) is 0 Å². The Labute approximate surface area is 97.2 Å². The van der Waals surface area contributed by atoms with Crippen LogP contribution in [-0.4, -0.2) is 60.1 Å². The van der Waals surface area contributed by atoms with Crippen molar-refractivity contribution in [3.05, 3.63) is 0 Å². The van der Waals surface area contributed by atoms with Gasteiger partial charge in [-0.2, -0.15) is 0 Å². The number of piperidine rings is 1. The van der Waals surface area contributed by atoms with Crippen molar-refractivity contribution in [3.8, 4) is 0 Å². The molecule has 1 N–H and O–H groups in total. The summed E-state index contributed by atoms with van der Waals surface area (Å²) in [5.41, 5.74) is 0. The van der Waals surface area contributed by atoms with Crippen LogP contribution >= 0.6 is 0 Å². The van der Waals surface area contributed by atoms with E-state index in [4.69, 9.17) is 5.11 Å². The molecule has 2 aliphatic heterocycles. The van der Waals surface area contributed by atoms with E-state index in [1.807, 2.05) is 4.90 Å². The fourth-order valence-corrected chi connectivity index (χ4v) is 2.71. The first-order valence-electron chi connectivity index (χ1n) is 6.40. The van der Waals surface area contributed by atoms with Crippen LogP contribution < -0.4 is 0 Å². The molecule has 1 amide bonds. The van der Waals surface area contributed by atoms with Gasteiger partial charge in [0, 0.05) is 39.2 Å². The van der Waals surface area contributed by atoms with Gasteiger partial charge >= 0.3 is 0 Å². The van der Waals surface area contributed by atoms with Gasteiger partial charge in [-0.15, -0.1) is 0 Å². The van der Waals surface area contributed by atoms with Gasteiger partial charge in [-0.25, -0.2) is 0 Å². The normalized spacial score (nSPS) is 27.7. The van der Waals surface area contributed by atoms with Crippen molar-refractivity contribution in [2.45, 2.75) is 25.7 Å². The number of amides is 1. The molecule has 4 nitrogen and oxygen atoms in total. The summed E-state index contributed by atoms with van der Waals surface area (Å²) >= 11 is 0. The molecule has 0 aromatic carbocycles. The Balaban J connectivity index is 1.70. The Morgan fingerprint density at radius 1 is 1.25 bits per heavy atom. The monoisotopic (exact) mass is 226 g/mol. The fraction of sp³-hybridized carbons (Fsp3) is 0.917. The molecule has 16 heavy (non-hydrogen) atoms. The number of carbonyl (C=O) groups excluding carboxylic acids is 1. The highest BCUT2D eigenvalue weighted by molar-refractivity contribution is 5.78. The molecular formula is C12H22N2O2. The Morgan fingerprint density at radius 2 is 2.12 bits per heavy atom. The highest BCUT2D eigenvalue weighted by atomic mass is 16.3. The molecule has 0 radical (unpaired) electrons. The Bertz CT molecular complexity index is 245. The largest absolute Gasteiger partial charge is 0.396 e. The van der Waals surface area contributed by atoms with Crippen LogP contribution in [0.1, 0.15) is 25.7 Å². The van der Waals surface area contributed by atoms with Crippen molar-refractivity contribution in [3.63, 3.8) is 0 Å². The lowest BCUT2D eigenvalue weighted by molar-refractivity contribution is -0.127. The predicted octanol–water partition coefficient (Wildman–Crippen LogP) is 0.313. The van der Waals surface area contributed by atoms with Gasteiger partial charge in [0.15, 0.2) is 0 Å². The lowest BCUT2D eigenvalue weighted by atomic mass is 9.99. The van der Waals surface area contributed by atoms with E-state index < -0.39 is 0 Å². The molecule has 92 valence electrons. The second kappa shape index (κ2) is 5.64. The van der Waals surface area contributed by atoms with Gasteiger partial charge < -0.3 is 14.9 Å². The van der Waals surface area contributed by atoms with E-state index >= 15 is 0 Å². The van der Waals surface area contributed by atoms with E-state index in [0.717, 1.165) is 52.0 Å². The molecule has 1 unspecified atom stereocenters. The molecule has 0 aromatic heterocycles. The molecule has 0 spiro atoms. The van der Waals surface area contributed by atoms with Crippen molar-refractivity contribution < 1.29 is 9.90 Å². The van der Waals surface area contributed by atoms with Crippen LogP contribution in [0.4, 0.5) is 0 Å². The molecule has 2 saturated heterocycles. The maximum Gasteiger partial charge on any atom is 0.222 e. The standard InChI is InChI=1S/C12H22N2O2/c15-10-11-3-1-5-13(9-11)7-8-14-6-2-4-12(14)16/h11,15H,1-10H2. The first-order chi connectivity index (χ1) is 7.79. The van der Waals surface area contributed by atoms with Crippen LogP contribution in [0.2, 0.25) is 0 Å². The Morgan fingerprint density at radius 3 is 2.81 bits per heavy atom. The Kier molecular flexibility index (Phi) is 4.18. The van der Waals surface area contributed by atoms with Crippen LogP contribution in [0.5, 0.6) is 0 Å². The molecule has 0 aromatic rings. The van der Waals surface area contributed by atoms with Crippen LogP contribution in [0, 0.1) is 5.92 Å². The summed E-state index contributed by atoms with van der Waals surface area (Å²) in [4.78, 5) is 15.8. The number of carbonyl (C=O) groups is 1. The van der Waals surface area contributed by atoms with Crippen molar-refractivity contribution >= 4 is 5.91 Å². The average molecular weight is 226 g/mol. The Hall–Kier alpha value is -0.610. The van der Waals surface area contributed by atoms with Crippen LogP contribution in [0.3, 0.4) is 0 Å². The number of hydrogen-bond donors (Lipinski definition) is 1. The quantitative estimate of drug-likeness (QED) is 0.750. The van der Waals surface area contributed by atoms with Crippen molar-refractivity contribution in [2.24, 2.45) is 5.92 Å². The van der Waals surface area contributed by atoms with Gasteiger partial charge in [0.1, 0.15) is 0 Å². The number of aliphatic hydroxyl groups is 1. The summed E-state index contributed by atoms with van der Waals surface area (Å²) in [5, 5.41) is 9.14. The number of nitrogens with zero attached hydrogens (tertiary/aromatic N) is 2. The SMILES string of the molecule is O=C1CCCN1CCN1CCCC(CO)C1. The lowest BCUT2D eigenvalue weighted by Crippen LogP contribution is -2.41. The summed E-state index contributed by atoms with van der Waals surface area (Å²) < 4.78 is 0. The van der Waals surface area contributed by atoms with Gasteiger partial charge in [-0.05, 0) is 31.7 Å². The predicted molar refractivity (Wildman–Crippen MR) is 62.1 cm³/mol. The van der Waals surface area contributed by atoms with E-state index in [2.05, 4.69) is 4.90 Å². The number of likely N-dealkylation sites (tertiary alicyclic amines) is 2. The summed E-state index contributed by atoms with van der Waals surface area (Å²) in [6.45, 7) is 5.21. The molecule has 1 atom stereocenters. The zero-order valence-corrected chi connectivity index (χ0v) is 9.90. The molecule has 0 aliphatic carbocycles. The minimum Gasteiger partial charge on any atom is -0.396 e. The van der Waals surface area contributed by atoms with Crippen LogP contribution in [0.15, 0.2) is 0 Å². The van der Waals surface area contributed by atoms with Gasteiger partial charge in [-0.3, -0.25) is 4.79 Å². The van der Waals surface area contributed by atoms with Crippen molar-refractivity contribution in [1.82, 2.24) is 9.80 Å². The molecular weight excluding hydrogens is 204 g/mol. The zero-order valence-electron chi connectivity index (χ0n) is 9.90. The van der Waals surface area contributed by atoms with Crippen LogP contribution in [-0.2, 0) is 4.79 Å². The zero-order chi connectivity index (χ0) is 11.4. The molecule has 0 saturated carbocycles. The highest BCUT2D eigenvalue weighted by Gasteiger charge is 2.23. The second-order valence-corrected chi connectivity index (χ2v) is 4.98. The summed E-state index contributed by atoms with van der Waals surface area (Å²) in [5.74, 6) is 0.763. The number of hydrogen-bond acceptors (Lipinski definition) is 3. The van der Waals surface area contributed by atoms with Crippen molar-refractivity contribution in [2.75, 3.05) is 39.3 Å². The average Bonchev–Trinajstić information content (AvgIpc) is 2.72. The fourth-order valence-electron chi connectivity index (χ4n) is 2.71. The van der Waals surface area contributed by atoms with E-state index in [9.17, 15) is 4.79 Å². The van der Waals surface area contributed by atoms with Gasteiger partial charge in [-0.1, -0.05) is 0 Å². The number of rotatable bonds is 4. The van der Waals surface area contributed by atoms with Gasteiger partial charge in [0.2, 0.25) is 5.91 Å². The van der Waals surface area contributed by atoms with E-state index in [1.165, 1.54) is 6.42 Å². The first kappa shape index (κ1) is 11.9. The molecule has 2 fully saturated rings. The molecule has 4 heteroatoms. The molecule has 2 heterocycles. The van der Waals surface area contributed by atoms with Gasteiger partial charge in [0.25, 0.3) is 0 Å². The molecule has 2 rings (SSSR count). The third kappa shape index (κ3) is 2.95. The minimum atomic E-state index is 0.305. The lowest BCUT2D eigenvalue weighted by Gasteiger charge is -2.32. The van der Waals surface area contributed by atoms with Gasteiger partial charge in [0.05, 0.1) is 0 Å². The third-order valence-electron chi connectivity index (χ3n) is 3.72. The molecule has 2 aliphatic rings. The third-order valence-corrected chi connectivity index (χ3v) is 3.72. The maximum atomic E-state index is 11.4. The van der Waals surface area contributed by atoms with E-state index in [-0.39, 0.29) is 0 Å². The number of aliphatic hydroxyl groups excluding tert-OH is 1. The minimum absolute atomic E-state index is 0.305. The summed E-state index contributed by atoms with van der Waals surface area (Å²) in [6.07, 6.45) is 4.09. The highest BCUT2D eigenvalue weighted by Crippen LogP contribution is 2.16. The molecule has 0 bridgehead atoms. The van der Waals surface area contributed by atoms with E-state index in [0.29, 0.717) is 18.4 Å². The van der Waals surface area contributed by atoms with Crippen molar-refractivity contribution in [1.29, 1.82) is 0 Å². The summed E-state index contributed by atoms with van der Waals surface area (Å²) in [6, 6.07) is 0. The maximum absolute atomic E-state index is 11.4. The topological polar surface area (TPSA) is 43.8 Å². The second-order valence-electron chi connectivity index (χ2n) is 4.98. The summed E-state index contributed by atoms with van der Waals surface area (Å²) in [7, 11) is 0. The van der Waals surface area contributed by atoms with Crippen LogP contribution in [0.25, 0.3) is 0 Å². The smallest absolute Gasteiger partial charge is 0.222 e. The first-order valence-corrected chi connectivity index (χ1v) is 6.40.